The zero-order valence-electron chi connectivity index (χ0n) is 30.8. The highest BCUT2D eigenvalue weighted by Crippen LogP contribution is 2.39. The molecule has 3 saturated heterocycles. The topological polar surface area (TPSA) is 138 Å². The zero-order chi connectivity index (χ0) is 38.0. The molecule has 0 spiro atoms. The van der Waals surface area contributed by atoms with Crippen LogP contribution in [0.15, 0.2) is 42.5 Å². The Kier molecular flexibility index (Phi) is 11.9. The number of hydrogen-bond donors (Lipinski definition) is 2. The number of hydrogen-bond acceptors (Lipinski definition) is 9. The second-order valence-electron chi connectivity index (χ2n) is 15.2. The van der Waals surface area contributed by atoms with E-state index >= 15 is 0 Å². The molecule has 2 N–H and O–H groups in total. The quantitative estimate of drug-likeness (QED) is 0.257. The zero-order valence-corrected chi connectivity index (χ0v) is 32.3. The molecule has 1 aliphatic carbocycles. The third kappa shape index (κ3) is 8.42. The Morgan fingerprint density at radius 1 is 1.04 bits per heavy atom. The maximum Gasteiger partial charge on any atom is 0.258 e. The lowest BCUT2D eigenvalue weighted by Gasteiger charge is -2.44. The Morgan fingerprint density at radius 2 is 1.72 bits per heavy atom. The monoisotopic (exact) mass is 761 g/mol. The Labute approximate surface area is 321 Å². The largest absolute Gasteiger partial charge is 0.377 e. The molecule has 2 aromatic rings. The molecule has 6 rings (SSSR count). The molecule has 0 bridgehead atoms. The van der Waals surface area contributed by atoms with Gasteiger partial charge in [0.15, 0.2) is 5.11 Å². The van der Waals surface area contributed by atoms with E-state index < -0.39 is 5.54 Å². The molecular formula is C39H48ClN7O5S. The van der Waals surface area contributed by atoms with E-state index in [0.717, 1.165) is 50.9 Å². The van der Waals surface area contributed by atoms with Crippen molar-refractivity contribution in [3.8, 4) is 6.07 Å². The summed E-state index contributed by atoms with van der Waals surface area (Å²) in [5.41, 5.74) is 1.61. The molecule has 1 unspecified atom stereocenters. The predicted octanol–water partition coefficient (Wildman–Crippen LogP) is 4.81. The average Bonchev–Trinajstić information content (AvgIpc) is 3.29. The number of halogens is 1. The number of nitriles is 1. The lowest BCUT2D eigenvalue weighted by molar-refractivity contribution is -0.134. The van der Waals surface area contributed by atoms with Crippen LogP contribution in [0.4, 0.5) is 11.4 Å². The lowest BCUT2D eigenvalue weighted by atomic mass is 9.89. The Hall–Kier alpha value is -3.93. The normalized spacial score (nSPS) is 26.8. The van der Waals surface area contributed by atoms with Crippen LogP contribution in [-0.4, -0.2) is 106 Å². The summed E-state index contributed by atoms with van der Waals surface area (Å²) >= 11 is 12.2. The van der Waals surface area contributed by atoms with Crippen molar-refractivity contribution < 1.29 is 23.9 Å². The average molecular weight is 762 g/mol. The van der Waals surface area contributed by atoms with Crippen molar-refractivity contribution in [2.45, 2.75) is 102 Å². The second kappa shape index (κ2) is 16.2. The van der Waals surface area contributed by atoms with E-state index in [0.29, 0.717) is 41.5 Å². The van der Waals surface area contributed by atoms with E-state index in [9.17, 15) is 24.4 Å². The Balaban J connectivity index is 0.926. The van der Waals surface area contributed by atoms with Crippen LogP contribution in [0, 0.1) is 11.3 Å². The molecule has 12 nitrogen and oxygen atoms in total. The van der Waals surface area contributed by atoms with E-state index in [2.05, 4.69) is 45.3 Å². The van der Waals surface area contributed by atoms with Crippen LogP contribution in [-0.2, 0) is 23.9 Å². The van der Waals surface area contributed by atoms with Crippen molar-refractivity contribution in [1.82, 2.24) is 20.0 Å². The minimum absolute atomic E-state index is 0.0846. The molecule has 1 saturated carbocycles. The smallest absolute Gasteiger partial charge is 0.258 e. The summed E-state index contributed by atoms with van der Waals surface area (Å²) in [6.07, 6.45) is 4.45. The highest BCUT2D eigenvalue weighted by molar-refractivity contribution is 7.80. The van der Waals surface area contributed by atoms with E-state index in [4.69, 9.17) is 28.6 Å². The number of benzene rings is 2. The maximum atomic E-state index is 13.6. The van der Waals surface area contributed by atoms with Crippen molar-refractivity contribution in [2.75, 3.05) is 43.0 Å². The first-order valence-corrected chi connectivity index (χ1v) is 19.3. The van der Waals surface area contributed by atoms with E-state index in [1.54, 1.807) is 35.2 Å². The minimum Gasteiger partial charge on any atom is -0.377 e. The minimum atomic E-state index is -0.809. The molecule has 0 radical (unpaired) electrons. The number of carbonyl (C=O) groups excluding carboxylic acids is 4. The number of anilines is 2. The molecule has 53 heavy (non-hydrogen) atoms. The van der Waals surface area contributed by atoms with Crippen LogP contribution in [0.25, 0.3) is 0 Å². The summed E-state index contributed by atoms with van der Waals surface area (Å²) in [5, 5.41) is 15.4. The molecular weight excluding hydrogens is 714 g/mol. The Morgan fingerprint density at radius 3 is 2.34 bits per heavy atom. The van der Waals surface area contributed by atoms with Crippen molar-refractivity contribution in [3.63, 3.8) is 0 Å². The molecule has 282 valence electrons. The molecule has 3 heterocycles. The van der Waals surface area contributed by atoms with Crippen molar-refractivity contribution >= 4 is 63.9 Å². The van der Waals surface area contributed by atoms with Gasteiger partial charge in [-0.1, -0.05) is 23.7 Å². The number of imide groups is 1. The number of ether oxygens (including phenoxy) is 1. The summed E-state index contributed by atoms with van der Waals surface area (Å²) in [7, 11) is 0. The highest BCUT2D eigenvalue weighted by Gasteiger charge is 2.52. The van der Waals surface area contributed by atoms with Gasteiger partial charge in [0, 0.05) is 49.9 Å². The summed E-state index contributed by atoms with van der Waals surface area (Å²) < 4.78 is 6.38. The van der Waals surface area contributed by atoms with Crippen molar-refractivity contribution in [2.24, 2.45) is 0 Å². The van der Waals surface area contributed by atoms with Crippen LogP contribution in [0.5, 0.6) is 0 Å². The summed E-state index contributed by atoms with van der Waals surface area (Å²) in [5.74, 6) is -1.06. The molecule has 2 aromatic carbocycles. The molecule has 3 atom stereocenters. The number of piperazine rings is 1. The van der Waals surface area contributed by atoms with E-state index in [1.807, 2.05) is 26.0 Å². The van der Waals surface area contributed by atoms with Gasteiger partial charge in [-0.2, -0.15) is 5.26 Å². The summed E-state index contributed by atoms with van der Waals surface area (Å²) in [6, 6.07) is 14.8. The van der Waals surface area contributed by atoms with Crippen LogP contribution in [0.3, 0.4) is 0 Å². The van der Waals surface area contributed by atoms with Gasteiger partial charge in [0.1, 0.15) is 11.6 Å². The van der Waals surface area contributed by atoms with Gasteiger partial charge in [-0.3, -0.25) is 39.2 Å². The fourth-order valence-electron chi connectivity index (χ4n) is 8.34. The first-order chi connectivity index (χ1) is 25.3. The molecule has 4 amide bonds. The number of thiocarbonyl (C=S) groups is 1. The fourth-order valence-corrected chi connectivity index (χ4v) is 9.12. The number of piperidine rings is 1. The van der Waals surface area contributed by atoms with Crippen LogP contribution in [0.2, 0.25) is 5.02 Å². The number of rotatable bonds is 10. The van der Waals surface area contributed by atoms with Crippen molar-refractivity contribution in [1.29, 1.82) is 5.26 Å². The van der Waals surface area contributed by atoms with Crippen molar-refractivity contribution in [3.05, 3.63) is 58.6 Å². The molecule has 0 aromatic heterocycles. The number of nitrogens with zero attached hydrogens (tertiary/aromatic N) is 5. The SMILES string of the molecule is C[C@@H]1CN(CCO[C@H]2CC[C@H](N3C(=S)N(c4ccc(C#N)c(Cl)c4)C(=O)C3(C)C)CC2)C[C@H](C)N1CC(=O)Nc1ccc(C2CCC(=O)NC2=O)cc1. The Bertz CT molecular complexity index is 1780. The molecule has 4 fully saturated rings. The standard InChI is InChI=1S/C39H48ClN7O5S/c1-24-21-44(22-25(2)45(24)23-35(49)42-28-8-5-26(6-9-28)32-15-16-34(48)43-36(32)50)17-18-52-31-13-11-29(12-14-31)47-38(53)46(37(51)39(47,3)4)30-10-7-27(20-41)33(40)19-30/h5-10,19,24-25,29,31-32H,11-18,21-23H2,1-4H3,(H,42,49)(H,43,48,50)/t24-,25+,29-,31-,32?. The lowest BCUT2D eigenvalue weighted by Crippen LogP contribution is -2.58. The highest BCUT2D eigenvalue weighted by atomic mass is 35.5. The van der Waals surface area contributed by atoms with Gasteiger partial charge in [0.05, 0.1) is 41.4 Å². The van der Waals surface area contributed by atoms with Gasteiger partial charge in [-0.05, 0) is 108 Å². The van der Waals surface area contributed by atoms with Gasteiger partial charge in [0.2, 0.25) is 17.7 Å². The molecule has 14 heteroatoms. The number of amides is 4. The van der Waals surface area contributed by atoms with Crippen LogP contribution >= 0.6 is 23.8 Å². The molecule has 4 aliphatic rings. The predicted molar refractivity (Wildman–Crippen MR) is 206 cm³/mol. The van der Waals surface area contributed by atoms with E-state index in [1.165, 1.54) is 0 Å². The van der Waals surface area contributed by atoms with Gasteiger partial charge < -0.3 is 15.0 Å². The first kappa shape index (κ1) is 38.8. The number of nitrogens with one attached hydrogen (secondary N) is 2. The third-order valence-electron chi connectivity index (χ3n) is 11.2. The second-order valence-corrected chi connectivity index (χ2v) is 16.0. The summed E-state index contributed by atoms with van der Waals surface area (Å²) in [4.78, 5) is 58.6. The van der Waals surface area contributed by atoms with Gasteiger partial charge in [0.25, 0.3) is 5.91 Å². The fraction of sp³-hybridized carbons (Fsp3) is 0.538. The van der Waals surface area contributed by atoms with Gasteiger partial charge >= 0.3 is 0 Å². The summed E-state index contributed by atoms with van der Waals surface area (Å²) in [6.45, 7) is 11.5. The van der Waals surface area contributed by atoms with E-state index in [-0.39, 0.29) is 65.3 Å². The van der Waals surface area contributed by atoms with Gasteiger partial charge in [-0.15, -0.1) is 0 Å². The maximum absolute atomic E-state index is 13.6. The molecule has 3 aliphatic heterocycles. The number of carbonyl (C=O) groups is 4. The van der Waals surface area contributed by atoms with Crippen LogP contribution in [0.1, 0.15) is 83.3 Å². The van der Waals surface area contributed by atoms with Crippen LogP contribution < -0.4 is 15.5 Å². The third-order valence-corrected chi connectivity index (χ3v) is 11.9. The van der Waals surface area contributed by atoms with Gasteiger partial charge in [-0.25, -0.2) is 0 Å². The first-order valence-electron chi connectivity index (χ1n) is 18.5.